The fraction of sp³-hybridized carbons (Fsp3) is 0.467. The highest BCUT2D eigenvalue weighted by Crippen LogP contribution is 2.14. The van der Waals surface area contributed by atoms with Crippen molar-refractivity contribution in [1.29, 1.82) is 0 Å². The number of benzene rings is 1. The topological polar surface area (TPSA) is 67.4 Å². The molecule has 20 heavy (non-hydrogen) atoms. The van der Waals surface area contributed by atoms with Crippen LogP contribution in [0.15, 0.2) is 24.3 Å². The minimum Gasteiger partial charge on any atom is -0.469 e. The molecular formula is C15H22N2O3. The summed E-state index contributed by atoms with van der Waals surface area (Å²) in [6, 6.07) is 7.29. The van der Waals surface area contributed by atoms with Crippen molar-refractivity contribution in [1.82, 2.24) is 5.32 Å². The fourth-order valence-corrected chi connectivity index (χ4v) is 1.79. The number of hydrogen-bond donors (Lipinski definition) is 2. The van der Waals surface area contributed by atoms with E-state index in [9.17, 15) is 9.59 Å². The zero-order chi connectivity index (χ0) is 15.1. The highest BCUT2D eigenvalue weighted by Gasteiger charge is 2.13. The molecule has 0 radical (unpaired) electrons. The largest absolute Gasteiger partial charge is 0.469 e. The van der Waals surface area contributed by atoms with Gasteiger partial charge in [-0.3, -0.25) is 4.79 Å². The van der Waals surface area contributed by atoms with Gasteiger partial charge in [-0.1, -0.05) is 19.1 Å². The van der Waals surface area contributed by atoms with Gasteiger partial charge in [0.2, 0.25) is 0 Å². The number of ether oxygens (including phenoxy) is 1. The molecular weight excluding hydrogens is 256 g/mol. The number of carbonyl (C=O) groups is 2. The predicted molar refractivity (Wildman–Crippen MR) is 78.6 cm³/mol. The summed E-state index contributed by atoms with van der Waals surface area (Å²) < 4.78 is 4.69. The number of nitrogens with one attached hydrogen (secondary N) is 2. The molecule has 5 heteroatoms. The van der Waals surface area contributed by atoms with Gasteiger partial charge in [0.25, 0.3) is 0 Å². The Morgan fingerprint density at radius 2 is 1.75 bits per heavy atom. The first-order valence-electron chi connectivity index (χ1n) is 6.66. The molecule has 2 N–H and O–H groups in total. The lowest BCUT2D eigenvalue weighted by Crippen LogP contribution is -2.34. The maximum absolute atomic E-state index is 11.5. The molecule has 1 rings (SSSR count). The second-order valence-corrected chi connectivity index (χ2v) is 5.08. The molecule has 0 bridgehead atoms. The fourth-order valence-electron chi connectivity index (χ4n) is 1.79. The first kappa shape index (κ1) is 16.0. The number of anilines is 1. The average molecular weight is 278 g/mol. The number of methoxy groups -OCH3 is 1. The van der Waals surface area contributed by atoms with E-state index in [0.29, 0.717) is 6.42 Å². The van der Waals surface area contributed by atoms with E-state index in [1.807, 2.05) is 45.0 Å². The highest BCUT2D eigenvalue weighted by molar-refractivity contribution is 5.89. The lowest BCUT2D eigenvalue weighted by atomic mass is 10.0. The lowest BCUT2D eigenvalue weighted by molar-refractivity contribution is -0.144. The monoisotopic (exact) mass is 278 g/mol. The van der Waals surface area contributed by atoms with Crippen LogP contribution in [0.3, 0.4) is 0 Å². The molecule has 0 aromatic heterocycles. The number of hydrogen-bond acceptors (Lipinski definition) is 3. The maximum Gasteiger partial charge on any atom is 0.319 e. The Morgan fingerprint density at radius 1 is 1.15 bits per heavy atom. The minimum absolute atomic E-state index is 0.0928. The van der Waals surface area contributed by atoms with Crippen molar-refractivity contribution in [3.8, 4) is 0 Å². The van der Waals surface area contributed by atoms with E-state index in [4.69, 9.17) is 4.74 Å². The number of amides is 2. The van der Waals surface area contributed by atoms with Crippen molar-refractivity contribution in [2.24, 2.45) is 5.92 Å². The van der Waals surface area contributed by atoms with Gasteiger partial charge < -0.3 is 15.4 Å². The Balaban J connectivity index is 2.56. The Kier molecular flexibility index (Phi) is 6.03. The van der Waals surface area contributed by atoms with Gasteiger partial charge in [-0.05, 0) is 38.0 Å². The molecule has 1 aromatic carbocycles. The number of carbonyl (C=O) groups excluding carboxylic acids is 2. The molecule has 0 aliphatic carbocycles. The van der Waals surface area contributed by atoms with Crippen LogP contribution in [-0.4, -0.2) is 25.2 Å². The van der Waals surface area contributed by atoms with Crippen molar-refractivity contribution in [2.75, 3.05) is 12.4 Å². The Bertz CT molecular complexity index is 455. The standard InChI is InChI=1S/C15H22N2O3/c1-10(2)16-15(19)17-13-7-5-12(6-8-13)9-11(3)14(18)20-4/h5-8,10-11H,9H2,1-4H3,(H2,16,17,19)/t11-/m0/s1. The molecule has 0 unspecified atom stereocenters. The molecule has 110 valence electrons. The van der Waals surface area contributed by atoms with Gasteiger partial charge in [-0.25, -0.2) is 4.79 Å². The summed E-state index contributed by atoms with van der Waals surface area (Å²) in [6.45, 7) is 5.63. The molecule has 0 saturated heterocycles. The summed E-state index contributed by atoms with van der Waals surface area (Å²) in [4.78, 5) is 22.9. The molecule has 0 aliphatic rings. The maximum atomic E-state index is 11.5. The van der Waals surface area contributed by atoms with E-state index in [0.717, 1.165) is 11.3 Å². The van der Waals surface area contributed by atoms with Crippen LogP contribution in [0.4, 0.5) is 10.5 Å². The van der Waals surface area contributed by atoms with Crippen molar-refractivity contribution in [3.05, 3.63) is 29.8 Å². The van der Waals surface area contributed by atoms with Crippen LogP contribution in [0, 0.1) is 5.92 Å². The summed E-state index contributed by atoms with van der Waals surface area (Å²) in [6.07, 6.45) is 0.616. The van der Waals surface area contributed by atoms with E-state index >= 15 is 0 Å². The van der Waals surface area contributed by atoms with Crippen LogP contribution in [0.5, 0.6) is 0 Å². The zero-order valence-corrected chi connectivity index (χ0v) is 12.4. The third-order valence-corrected chi connectivity index (χ3v) is 2.78. The summed E-state index contributed by atoms with van der Waals surface area (Å²) in [7, 11) is 1.39. The molecule has 0 aliphatic heterocycles. The van der Waals surface area contributed by atoms with Crippen molar-refractivity contribution in [3.63, 3.8) is 0 Å². The Hall–Kier alpha value is -2.04. The van der Waals surface area contributed by atoms with Gasteiger partial charge in [0, 0.05) is 11.7 Å². The third kappa shape index (κ3) is 5.30. The normalized spacial score (nSPS) is 11.8. The number of esters is 1. The Morgan fingerprint density at radius 3 is 2.25 bits per heavy atom. The van der Waals surface area contributed by atoms with Crippen molar-refractivity contribution >= 4 is 17.7 Å². The van der Waals surface area contributed by atoms with Crippen LogP contribution in [0.2, 0.25) is 0 Å². The van der Waals surface area contributed by atoms with E-state index < -0.39 is 0 Å². The molecule has 5 nitrogen and oxygen atoms in total. The van der Waals surface area contributed by atoms with Crippen molar-refractivity contribution < 1.29 is 14.3 Å². The lowest BCUT2D eigenvalue weighted by Gasteiger charge is -2.11. The summed E-state index contributed by atoms with van der Waals surface area (Å²) >= 11 is 0. The number of urea groups is 1. The molecule has 2 amide bonds. The summed E-state index contributed by atoms with van der Waals surface area (Å²) in [5.41, 5.74) is 1.75. The van der Waals surface area contributed by atoms with Crippen LogP contribution < -0.4 is 10.6 Å². The van der Waals surface area contributed by atoms with Gasteiger partial charge in [0.05, 0.1) is 13.0 Å². The third-order valence-electron chi connectivity index (χ3n) is 2.78. The average Bonchev–Trinajstić information content (AvgIpc) is 2.39. The van der Waals surface area contributed by atoms with E-state index in [1.165, 1.54) is 7.11 Å². The molecule has 0 heterocycles. The molecule has 0 fully saturated rings. The van der Waals surface area contributed by atoms with Crippen LogP contribution in [0.25, 0.3) is 0 Å². The smallest absolute Gasteiger partial charge is 0.319 e. The van der Waals surface area contributed by atoms with Gasteiger partial charge in [-0.15, -0.1) is 0 Å². The predicted octanol–water partition coefficient (Wildman–Crippen LogP) is 2.57. The SMILES string of the molecule is COC(=O)[C@@H](C)Cc1ccc(NC(=O)NC(C)C)cc1. The molecule has 0 saturated carbocycles. The van der Waals surface area contributed by atoms with Gasteiger partial charge in [-0.2, -0.15) is 0 Å². The second kappa shape index (κ2) is 7.53. The van der Waals surface area contributed by atoms with E-state index in [-0.39, 0.29) is 24.0 Å². The number of rotatable bonds is 5. The van der Waals surface area contributed by atoms with Crippen molar-refractivity contribution in [2.45, 2.75) is 33.2 Å². The summed E-state index contributed by atoms with van der Waals surface area (Å²) in [5.74, 6) is -0.397. The van der Waals surface area contributed by atoms with Gasteiger partial charge >= 0.3 is 12.0 Å². The van der Waals surface area contributed by atoms with Gasteiger partial charge in [0.15, 0.2) is 0 Å². The first-order valence-corrected chi connectivity index (χ1v) is 6.66. The highest BCUT2D eigenvalue weighted by atomic mass is 16.5. The quantitative estimate of drug-likeness (QED) is 0.813. The van der Waals surface area contributed by atoms with E-state index in [2.05, 4.69) is 10.6 Å². The first-order chi connectivity index (χ1) is 9.42. The Labute approximate surface area is 119 Å². The molecule has 0 spiro atoms. The van der Waals surface area contributed by atoms with Gasteiger partial charge in [0.1, 0.15) is 0 Å². The van der Waals surface area contributed by atoms with E-state index in [1.54, 1.807) is 0 Å². The second-order valence-electron chi connectivity index (χ2n) is 5.08. The molecule has 1 aromatic rings. The molecule has 1 atom stereocenters. The summed E-state index contributed by atoms with van der Waals surface area (Å²) in [5, 5.41) is 5.50. The van der Waals surface area contributed by atoms with Crippen LogP contribution in [0.1, 0.15) is 26.3 Å². The van der Waals surface area contributed by atoms with Crippen LogP contribution >= 0.6 is 0 Å². The zero-order valence-electron chi connectivity index (χ0n) is 12.4. The van der Waals surface area contributed by atoms with Crippen LogP contribution in [-0.2, 0) is 16.0 Å². The minimum atomic E-state index is -0.226.